The van der Waals surface area contributed by atoms with Gasteiger partial charge in [0.15, 0.2) is 0 Å². The molecular formula is C17H15ClN2O. The first-order chi connectivity index (χ1) is 10.2. The van der Waals surface area contributed by atoms with E-state index in [1.54, 1.807) is 19.4 Å². The van der Waals surface area contributed by atoms with Gasteiger partial charge in [-0.05, 0) is 29.3 Å². The Hall–Kier alpha value is -2.10. The fourth-order valence-corrected chi connectivity index (χ4v) is 2.62. The summed E-state index contributed by atoms with van der Waals surface area (Å²) in [4.78, 5) is 4.45. The first-order valence-electron chi connectivity index (χ1n) is 6.63. The Kier molecular flexibility index (Phi) is 3.78. The van der Waals surface area contributed by atoms with Gasteiger partial charge in [-0.3, -0.25) is 4.98 Å². The lowest BCUT2D eigenvalue weighted by Gasteiger charge is -2.16. The number of nitrogens with zero attached hydrogens (tertiary/aromatic N) is 1. The molecule has 2 aromatic carbocycles. The average molecular weight is 299 g/mol. The van der Waals surface area contributed by atoms with E-state index in [9.17, 15) is 0 Å². The molecule has 21 heavy (non-hydrogen) atoms. The van der Waals surface area contributed by atoms with Crippen molar-refractivity contribution in [1.82, 2.24) is 4.98 Å². The molecule has 0 saturated heterocycles. The van der Waals surface area contributed by atoms with Crippen molar-refractivity contribution >= 4 is 22.5 Å². The molecule has 0 radical (unpaired) electrons. The molecule has 1 heterocycles. The normalized spacial score (nSPS) is 12.3. The van der Waals surface area contributed by atoms with E-state index in [0.717, 1.165) is 22.0 Å². The molecule has 2 N–H and O–H groups in total. The summed E-state index contributed by atoms with van der Waals surface area (Å²) < 4.78 is 5.26. The molecule has 0 spiro atoms. The molecule has 0 aliphatic heterocycles. The monoisotopic (exact) mass is 298 g/mol. The number of pyridine rings is 1. The van der Waals surface area contributed by atoms with E-state index in [0.29, 0.717) is 10.8 Å². The number of benzene rings is 2. The maximum atomic E-state index is 6.42. The van der Waals surface area contributed by atoms with E-state index in [1.165, 1.54) is 0 Å². The zero-order valence-corrected chi connectivity index (χ0v) is 12.3. The van der Waals surface area contributed by atoms with Gasteiger partial charge >= 0.3 is 0 Å². The van der Waals surface area contributed by atoms with Gasteiger partial charge in [0.2, 0.25) is 0 Å². The zero-order chi connectivity index (χ0) is 14.8. The third-order valence-electron chi connectivity index (χ3n) is 3.53. The summed E-state index contributed by atoms with van der Waals surface area (Å²) >= 11 is 6.06. The molecule has 0 bridgehead atoms. The molecule has 3 aromatic rings. The highest BCUT2D eigenvalue weighted by molar-refractivity contribution is 6.32. The Bertz CT molecular complexity index is 783. The number of hydrogen-bond donors (Lipinski definition) is 1. The molecule has 0 amide bonds. The van der Waals surface area contributed by atoms with Crippen LogP contribution in [-0.4, -0.2) is 12.1 Å². The molecule has 4 heteroatoms. The minimum Gasteiger partial charge on any atom is -0.495 e. The van der Waals surface area contributed by atoms with Crippen molar-refractivity contribution in [2.45, 2.75) is 6.04 Å². The van der Waals surface area contributed by atoms with Gasteiger partial charge in [-0.25, -0.2) is 0 Å². The van der Waals surface area contributed by atoms with Gasteiger partial charge < -0.3 is 10.5 Å². The van der Waals surface area contributed by atoms with E-state index in [1.807, 2.05) is 42.5 Å². The Balaban J connectivity index is 2.10. The van der Waals surface area contributed by atoms with Gasteiger partial charge in [0.05, 0.1) is 23.7 Å². The molecule has 0 saturated carbocycles. The van der Waals surface area contributed by atoms with Crippen molar-refractivity contribution in [3.8, 4) is 5.75 Å². The Morgan fingerprint density at radius 1 is 1.14 bits per heavy atom. The van der Waals surface area contributed by atoms with Gasteiger partial charge in [0.25, 0.3) is 0 Å². The third kappa shape index (κ3) is 2.58. The standard InChI is InChI=1S/C17H15ClN2O/c1-21-15-10-12(7-8-14(15)18)16(19)13-6-2-4-11-5-3-9-20-17(11)13/h2-10,16H,19H2,1H3. The van der Waals surface area contributed by atoms with E-state index < -0.39 is 0 Å². The predicted molar refractivity (Wildman–Crippen MR) is 85.8 cm³/mol. The van der Waals surface area contributed by atoms with Gasteiger partial charge in [-0.15, -0.1) is 0 Å². The Morgan fingerprint density at radius 2 is 1.95 bits per heavy atom. The summed E-state index contributed by atoms with van der Waals surface area (Å²) in [6, 6.07) is 15.3. The zero-order valence-electron chi connectivity index (χ0n) is 11.6. The first kappa shape index (κ1) is 13.9. The lowest BCUT2D eigenvalue weighted by molar-refractivity contribution is 0.414. The van der Waals surface area contributed by atoms with Crippen molar-refractivity contribution in [1.29, 1.82) is 0 Å². The predicted octanol–water partition coefficient (Wildman–Crippen LogP) is 3.94. The highest BCUT2D eigenvalue weighted by Gasteiger charge is 2.14. The quantitative estimate of drug-likeness (QED) is 0.796. The molecule has 0 aliphatic rings. The summed E-state index contributed by atoms with van der Waals surface area (Å²) in [5.74, 6) is 0.623. The lowest BCUT2D eigenvalue weighted by Crippen LogP contribution is -2.12. The molecule has 0 fully saturated rings. The molecule has 3 nitrogen and oxygen atoms in total. The number of ether oxygens (including phenoxy) is 1. The molecule has 106 valence electrons. The lowest BCUT2D eigenvalue weighted by atomic mass is 9.97. The number of nitrogens with two attached hydrogens (primary N) is 1. The second kappa shape index (κ2) is 5.72. The minimum absolute atomic E-state index is 0.283. The number of methoxy groups -OCH3 is 1. The molecule has 1 unspecified atom stereocenters. The highest BCUT2D eigenvalue weighted by Crippen LogP contribution is 2.31. The smallest absolute Gasteiger partial charge is 0.137 e. The van der Waals surface area contributed by atoms with Crippen LogP contribution in [0.5, 0.6) is 5.75 Å². The van der Waals surface area contributed by atoms with Crippen LogP contribution >= 0.6 is 11.6 Å². The summed E-state index contributed by atoms with van der Waals surface area (Å²) in [5.41, 5.74) is 9.26. The SMILES string of the molecule is COc1cc(C(N)c2cccc3cccnc23)ccc1Cl. The van der Waals surface area contributed by atoms with Crippen LogP contribution in [0.15, 0.2) is 54.7 Å². The molecule has 3 rings (SSSR count). The summed E-state index contributed by atoms with van der Waals surface area (Å²) in [7, 11) is 1.59. The van der Waals surface area contributed by atoms with Crippen molar-refractivity contribution in [2.75, 3.05) is 7.11 Å². The number of fused-ring (bicyclic) bond motifs is 1. The van der Waals surface area contributed by atoms with Crippen LogP contribution in [0.3, 0.4) is 0 Å². The molecule has 1 atom stereocenters. The average Bonchev–Trinajstić information content (AvgIpc) is 2.54. The highest BCUT2D eigenvalue weighted by atomic mass is 35.5. The molecule has 1 aromatic heterocycles. The van der Waals surface area contributed by atoms with E-state index in [4.69, 9.17) is 22.1 Å². The Labute approximate surface area is 128 Å². The van der Waals surface area contributed by atoms with Crippen LogP contribution in [0.25, 0.3) is 10.9 Å². The number of aromatic nitrogens is 1. The van der Waals surface area contributed by atoms with Gasteiger partial charge in [-0.1, -0.05) is 41.9 Å². The number of hydrogen-bond acceptors (Lipinski definition) is 3. The summed E-state index contributed by atoms with van der Waals surface area (Å²) in [5, 5.41) is 1.65. The first-order valence-corrected chi connectivity index (χ1v) is 7.01. The van der Waals surface area contributed by atoms with Crippen LogP contribution in [0.2, 0.25) is 5.02 Å². The number of halogens is 1. The van der Waals surface area contributed by atoms with E-state index >= 15 is 0 Å². The minimum atomic E-state index is -0.283. The Morgan fingerprint density at radius 3 is 2.76 bits per heavy atom. The van der Waals surface area contributed by atoms with Crippen LogP contribution in [0.1, 0.15) is 17.2 Å². The van der Waals surface area contributed by atoms with E-state index in [-0.39, 0.29) is 6.04 Å². The van der Waals surface area contributed by atoms with Crippen LogP contribution in [0, 0.1) is 0 Å². The van der Waals surface area contributed by atoms with Crippen LogP contribution in [-0.2, 0) is 0 Å². The third-order valence-corrected chi connectivity index (χ3v) is 3.85. The van der Waals surface area contributed by atoms with E-state index in [2.05, 4.69) is 4.98 Å². The van der Waals surface area contributed by atoms with Gasteiger partial charge in [0.1, 0.15) is 5.75 Å². The maximum Gasteiger partial charge on any atom is 0.137 e. The van der Waals surface area contributed by atoms with Crippen molar-refractivity contribution < 1.29 is 4.74 Å². The summed E-state index contributed by atoms with van der Waals surface area (Å²) in [6.45, 7) is 0. The van der Waals surface area contributed by atoms with Crippen LogP contribution in [0.4, 0.5) is 0 Å². The molecule has 0 aliphatic carbocycles. The second-order valence-electron chi connectivity index (χ2n) is 4.79. The largest absolute Gasteiger partial charge is 0.495 e. The molecular weight excluding hydrogens is 284 g/mol. The number of para-hydroxylation sites is 1. The van der Waals surface area contributed by atoms with Crippen molar-refractivity contribution in [3.05, 3.63) is 70.9 Å². The van der Waals surface area contributed by atoms with Crippen LogP contribution < -0.4 is 10.5 Å². The fourth-order valence-electron chi connectivity index (χ4n) is 2.43. The van der Waals surface area contributed by atoms with Crippen molar-refractivity contribution in [3.63, 3.8) is 0 Å². The number of rotatable bonds is 3. The topological polar surface area (TPSA) is 48.1 Å². The van der Waals surface area contributed by atoms with Crippen molar-refractivity contribution in [2.24, 2.45) is 5.73 Å². The second-order valence-corrected chi connectivity index (χ2v) is 5.20. The van der Waals surface area contributed by atoms with Gasteiger partial charge in [-0.2, -0.15) is 0 Å². The maximum absolute atomic E-state index is 6.42. The fraction of sp³-hybridized carbons (Fsp3) is 0.118. The summed E-state index contributed by atoms with van der Waals surface area (Å²) in [6.07, 6.45) is 1.78. The van der Waals surface area contributed by atoms with Gasteiger partial charge in [0, 0.05) is 11.6 Å².